The number of thiocarbonyl (C=S) groups is 1. The van der Waals surface area contributed by atoms with Gasteiger partial charge in [0.15, 0.2) is 0 Å². The van der Waals surface area contributed by atoms with Crippen molar-refractivity contribution in [3.63, 3.8) is 0 Å². The van der Waals surface area contributed by atoms with Crippen molar-refractivity contribution < 1.29 is 4.79 Å². The van der Waals surface area contributed by atoms with Gasteiger partial charge in [-0.15, -0.1) is 0 Å². The zero-order valence-electron chi connectivity index (χ0n) is 16.3. The Morgan fingerprint density at radius 2 is 1.80 bits per heavy atom. The number of hydrogen-bond donors (Lipinski definition) is 0. The largest absolute Gasteiger partial charge is 0.290 e. The molecule has 1 saturated heterocycles. The van der Waals surface area contributed by atoms with Crippen molar-refractivity contribution in [1.29, 1.82) is 0 Å². The van der Waals surface area contributed by atoms with E-state index in [1.165, 1.54) is 11.8 Å². The van der Waals surface area contributed by atoms with E-state index in [0.717, 1.165) is 48.2 Å². The van der Waals surface area contributed by atoms with Gasteiger partial charge in [0.25, 0.3) is 5.91 Å². The zero-order chi connectivity index (χ0) is 20.5. The summed E-state index contributed by atoms with van der Waals surface area (Å²) in [6, 6.07) is 14.1. The second-order valence-electron chi connectivity index (χ2n) is 7.44. The molecule has 1 amide bonds. The molecule has 1 aliphatic heterocycles. The van der Waals surface area contributed by atoms with E-state index < -0.39 is 0 Å². The summed E-state index contributed by atoms with van der Waals surface area (Å²) in [5, 5.41) is 4.81. The third-order valence-electron chi connectivity index (χ3n) is 5.52. The Morgan fingerprint density at radius 3 is 2.53 bits per heavy atom. The van der Waals surface area contributed by atoms with Gasteiger partial charge >= 0.3 is 0 Å². The smallest absolute Gasteiger partial charge is 0.266 e. The Balaban J connectivity index is 1.56. The molecule has 3 aromatic rings. The SMILES string of the molecule is O=C1/C(=C/c2cn(-c3ccccc3)nc2-c2ccncc2)SC(=S)N1C1CCCC1. The van der Waals surface area contributed by atoms with Crippen molar-refractivity contribution in [1.82, 2.24) is 19.7 Å². The maximum absolute atomic E-state index is 13.1. The van der Waals surface area contributed by atoms with Crippen LogP contribution < -0.4 is 0 Å². The van der Waals surface area contributed by atoms with E-state index in [2.05, 4.69) is 4.98 Å². The summed E-state index contributed by atoms with van der Waals surface area (Å²) < 4.78 is 2.51. The number of carbonyl (C=O) groups is 1. The standard InChI is InChI=1S/C23H20N4OS2/c28-22-20(30-23(29)27(22)19-8-4-5-9-19)14-17-15-26(18-6-2-1-3-7-18)25-21(17)16-10-12-24-13-11-16/h1-3,6-7,10-15,19H,4-5,8-9H2/b20-14-. The average molecular weight is 433 g/mol. The lowest BCUT2D eigenvalue weighted by molar-refractivity contribution is -0.123. The van der Waals surface area contributed by atoms with Crippen molar-refractivity contribution in [2.24, 2.45) is 0 Å². The third kappa shape index (κ3) is 3.59. The molecule has 5 rings (SSSR count). The maximum atomic E-state index is 13.1. The van der Waals surface area contributed by atoms with Crippen LogP contribution in [0.25, 0.3) is 23.0 Å². The molecule has 2 aliphatic rings. The van der Waals surface area contributed by atoms with E-state index in [9.17, 15) is 4.79 Å². The molecule has 1 aliphatic carbocycles. The number of nitrogens with zero attached hydrogens (tertiary/aromatic N) is 4. The predicted molar refractivity (Wildman–Crippen MR) is 124 cm³/mol. The number of carbonyl (C=O) groups excluding carboxylic acids is 1. The molecular weight excluding hydrogens is 412 g/mol. The minimum absolute atomic E-state index is 0.0186. The normalized spacial score (nSPS) is 18.7. The Hall–Kier alpha value is -2.77. The van der Waals surface area contributed by atoms with Gasteiger partial charge in [-0.25, -0.2) is 4.68 Å². The Morgan fingerprint density at radius 1 is 1.07 bits per heavy atom. The van der Waals surface area contributed by atoms with Crippen LogP contribution in [0.5, 0.6) is 0 Å². The molecular formula is C23H20N4OS2. The number of hydrogen-bond acceptors (Lipinski definition) is 5. The number of benzene rings is 1. The fraction of sp³-hybridized carbons (Fsp3) is 0.217. The fourth-order valence-electron chi connectivity index (χ4n) is 4.04. The van der Waals surface area contributed by atoms with Crippen LogP contribution in [0.2, 0.25) is 0 Å². The summed E-state index contributed by atoms with van der Waals surface area (Å²) in [4.78, 5) is 19.7. The molecule has 1 aromatic carbocycles. The highest BCUT2D eigenvalue weighted by atomic mass is 32.2. The lowest BCUT2D eigenvalue weighted by Crippen LogP contribution is -2.36. The molecule has 0 atom stereocenters. The van der Waals surface area contributed by atoms with Gasteiger partial charge in [0.2, 0.25) is 0 Å². The predicted octanol–water partition coefficient (Wildman–Crippen LogP) is 5.08. The van der Waals surface area contributed by atoms with Crippen LogP contribution in [-0.2, 0) is 4.79 Å². The zero-order valence-corrected chi connectivity index (χ0v) is 17.9. The maximum Gasteiger partial charge on any atom is 0.266 e. The molecule has 0 radical (unpaired) electrons. The van der Waals surface area contributed by atoms with Crippen molar-refractivity contribution in [2.75, 3.05) is 0 Å². The highest BCUT2D eigenvalue weighted by molar-refractivity contribution is 8.26. The van der Waals surface area contributed by atoms with Gasteiger partial charge in [-0.3, -0.25) is 14.7 Å². The molecule has 5 nitrogen and oxygen atoms in total. The minimum atomic E-state index is 0.0186. The van der Waals surface area contributed by atoms with Crippen molar-refractivity contribution >= 4 is 40.3 Å². The molecule has 3 heterocycles. The van der Waals surface area contributed by atoms with Crippen molar-refractivity contribution in [3.8, 4) is 16.9 Å². The Labute approximate surface area is 184 Å². The second kappa shape index (κ2) is 8.16. The highest BCUT2D eigenvalue weighted by Crippen LogP contribution is 2.38. The van der Waals surface area contributed by atoms with E-state index in [1.54, 1.807) is 12.4 Å². The number of amides is 1. The molecule has 1 saturated carbocycles. The first-order valence-electron chi connectivity index (χ1n) is 10.0. The van der Waals surface area contributed by atoms with Gasteiger partial charge in [-0.1, -0.05) is 55.0 Å². The van der Waals surface area contributed by atoms with Crippen LogP contribution in [0.4, 0.5) is 0 Å². The number of aromatic nitrogens is 3. The molecule has 0 N–H and O–H groups in total. The van der Waals surface area contributed by atoms with Gasteiger partial charge < -0.3 is 0 Å². The molecule has 2 fully saturated rings. The monoisotopic (exact) mass is 432 g/mol. The van der Waals surface area contributed by atoms with Gasteiger partial charge in [0, 0.05) is 35.8 Å². The number of pyridine rings is 1. The van der Waals surface area contributed by atoms with Gasteiger partial charge in [0.1, 0.15) is 10.0 Å². The summed E-state index contributed by atoms with van der Waals surface area (Å²) in [6.07, 6.45) is 11.8. The van der Waals surface area contributed by atoms with Gasteiger partial charge in [0.05, 0.1) is 10.6 Å². The summed E-state index contributed by atoms with van der Waals surface area (Å²) in [5.41, 5.74) is 3.62. The van der Waals surface area contributed by atoms with E-state index >= 15 is 0 Å². The quantitative estimate of drug-likeness (QED) is 0.425. The third-order valence-corrected chi connectivity index (χ3v) is 6.85. The second-order valence-corrected chi connectivity index (χ2v) is 9.11. The summed E-state index contributed by atoms with van der Waals surface area (Å²) >= 11 is 6.95. The van der Waals surface area contributed by atoms with E-state index in [1.807, 2.05) is 64.3 Å². The van der Waals surface area contributed by atoms with E-state index in [0.29, 0.717) is 9.23 Å². The molecule has 2 aromatic heterocycles. The Bertz CT molecular complexity index is 1120. The van der Waals surface area contributed by atoms with Crippen LogP contribution in [-0.4, -0.2) is 35.9 Å². The summed E-state index contributed by atoms with van der Waals surface area (Å²) in [6.45, 7) is 0. The first-order valence-corrected chi connectivity index (χ1v) is 11.3. The highest BCUT2D eigenvalue weighted by Gasteiger charge is 2.38. The Kier molecular flexibility index (Phi) is 5.23. The van der Waals surface area contributed by atoms with E-state index in [-0.39, 0.29) is 11.9 Å². The average Bonchev–Trinajstić information content (AvgIpc) is 3.50. The number of thioether (sulfide) groups is 1. The minimum Gasteiger partial charge on any atom is -0.290 e. The number of para-hydroxylation sites is 1. The summed E-state index contributed by atoms with van der Waals surface area (Å²) in [7, 11) is 0. The van der Waals surface area contributed by atoms with Gasteiger partial charge in [-0.2, -0.15) is 5.10 Å². The van der Waals surface area contributed by atoms with Crippen molar-refractivity contribution in [3.05, 3.63) is 71.5 Å². The van der Waals surface area contributed by atoms with E-state index in [4.69, 9.17) is 17.3 Å². The first kappa shape index (κ1) is 19.2. The van der Waals surface area contributed by atoms with Crippen LogP contribution in [0.3, 0.4) is 0 Å². The van der Waals surface area contributed by atoms with Crippen molar-refractivity contribution in [2.45, 2.75) is 31.7 Å². The topological polar surface area (TPSA) is 51.0 Å². The van der Waals surface area contributed by atoms with Gasteiger partial charge in [-0.05, 0) is 43.2 Å². The molecule has 30 heavy (non-hydrogen) atoms. The molecule has 0 unspecified atom stereocenters. The summed E-state index contributed by atoms with van der Waals surface area (Å²) in [5.74, 6) is 0.0186. The molecule has 150 valence electrons. The van der Waals surface area contributed by atoms with Crippen LogP contribution in [0.15, 0.2) is 66.0 Å². The first-order chi connectivity index (χ1) is 14.7. The van der Waals surface area contributed by atoms with Crippen LogP contribution >= 0.6 is 24.0 Å². The molecule has 7 heteroatoms. The van der Waals surface area contributed by atoms with Crippen LogP contribution in [0.1, 0.15) is 31.2 Å². The lowest BCUT2D eigenvalue weighted by atomic mass is 10.1. The molecule has 0 spiro atoms. The fourth-order valence-corrected chi connectivity index (χ4v) is 5.43. The molecule has 0 bridgehead atoms. The van der Waals surface area contributed by atoms with Crippen LogP contribution in [0, 0.1) is 0 Å². The number of rotatable bonds is 4. The lowest BCUT2D eigenvalue weighted by Gasteiger charge is -2.21.